The minimum absolute atomic E-state index is 0.130. The second-order valence-corrected chi connectivity index (χ2v) is 14.2. The molecule has 0 amide bonds. The van der Waals surface area contributed by atoms with E-state index in [2.05, 4.69) is 170 Å². The highest BCUT2D eigenvalue weighted by atomic mass is 14.8. The zero-order valence-corrected chi connectivity index (χ0v) is 30.0. The number of pyridine rings is 4. The molecule has 0 N–H and O–H groups in total. The van der Waals surface area contributed by atoms with Crippen molar-refractivity contribution in [1.82, 2.24) is 19.9 Å². The Labute approximate surface area is 317 Å². The van der Waals surface area contributed by atoms with Crippen molar-refractivity contribution in [3.05, 3.63) is 217 Å². The molecule has 54 heavy (non-hydrogen) atoms. The van der Waals surface area contributed by atoms with Crippen molar-refractivity contribution in [1.29, 1.82) is 0 Å². The van der Waals surface area contributed by atoms with Crippen LogP contribution in [-0.4, -0.2) is 19.9 Å². The van der Waals surface area contributed by atoms with Crippen molar-refractivity contribution in [2.75, 3.05) is 0 Å². The first kappa shape index (κ1) is 33.3. The summed E-state index contributed by atoms with van der Waals surface area (Å²) < 4.78 is 0. The first-order valence-corrected chi connectivity index (χ1v) is 18.8. The first-order valence-electron chi connectivity index (χ1n) is 18.8. The lowest BCUT2D eigenvalue weighted by atomic mass is 9.62. The van der Waals surface area contributed by atoms with Crippen LogP contribution in [0.1, 0.15) is 59.0 Å². The summed E-state index contributed by atoms with van der Waals surface area (Å²) in [5.74, 6) is 0.693. The lowest BCUT2D eigenvalue weighted by Crippen LogP contribution is -2.28. The predicted molar refractivity (Wildman–Crippen MR) is 219 cm³/mol. The van der Waals surface area contributed by atoms with E-state index >= 15 is 0 Å². The van der Waals surface area contributed by atoms with Gasteiger partial charge < -0.3 is 0 Å². The summed E-state index contributed by atoms with van der Waals surface area (Å²) in [5, 5.41) is 0. The molecule has 0 radical (unpaired) electrons. The Morgan fingerprint density at radius 3 is 1.13 bits per heavy atom. The van der Waals surface area contributed by atoms with E-state index in [0.717, 1.165) is 69.3 Å². The van der Waals surface area contributed by atoms with Crippen LogP contribution in [0.5, 0.6) is 0 Å². The van der Waals surface area contributed by atoms with Gasteiger partial charge in [-0.25, -0.2) is 0 Å². The van der Waals surface area contributed by atoms with E-state index in [1.165, 1.54) is 11.1 Å². The van der Waals surface area contributed by atoms with Gasteiger partial charge in [0.1, 0.15) is 0 Å². The maximum absolute atomic E-state index is 5.42. The Bertz CT molecular complexity index is 2120. The van der Waals surface area contributed by atoms with Crippen LogP contribution in [0.4, 0.5) is 0 Å². The highest BCUT2D eigenvalue weighted by molar-refractivity contribution is 5.63. The average molecular weight is 697 g/mol. The summed E-state index contributed by atoms with van der Waals surface area (Å²) in [6, 6.07) is 64.4. The molecule has 0 spiro atoms. The Morgan fingerprint density at radius 2 is 0.704 bits per heavy atom. The van der Waals surface area contributed by atoms with Crippen LogP contribution in [0.2, 0.25) is 0 Å². The van der Waals surface area contributed by atoms with Gasteiger partial charge in [-0.15, -0.1) is 0 Å². The van der Waals surface area contributed by atoms with Gasteiger partial charge in [0.15, 0.2) is 0 Å². The molecule has 9 rings (SSSR count). The molecule has 0 bridgehead atoms. The van der Waals surface area contributed by atoms with E-state index in [9.17, 15) is 0 Å². The van der Waals surface area contributed by atoms with Crippen molar-refractivity contribution < 1.29 is 0 Å². The van der Waals surface area contributed by atoms with Gasteiger partial charge in [-0.05, 0) is 96.5 Å². The van der Waals surface area contributed by atoms with Gasteiger partial charge in [0.2, 0.25) is 0 Å². The SMILES string of the molecule is c1ccc(-c2cccc(C3CC(c4cccc(-c5ccccn5)c4)C(c4cccc(-c5ccccn5)c4)CC3c3cccc(-c4ccccc4)n3)n2)cc1. The molecule has 4 unspecified atom stereocenters. The van der Waals surface area contributed by atoms with Gasteiger partial charge in [0.05, 0.1) is 22.8 Å². The molecule has 1 saturated carbocycles. The van der Waals surface area contributed by atoms with Gasteiger partial charge >= 0.3 is 0 Å². The Kier molecular flexibility index (Phi) is 9.39. The second-order valence-electron chi connectivity index (χ2n) is 14.2. The zero-order chi connectivity index (χ0) is 36.1. The van der Waals surface area contributed by atoms with E-state index in [1.807, 2.05) is 24.5 Å². The summed E-state index contributed by atoms with van der Waals surface area (Å²) in [7, 11) is 0. The number of benzene rings is 4. The smallest absolute Gasteiger partial charge is 0.0705 e. The maximum atomic E-state index is 5.42. The molecule has 4 heteroatoms. The second kappa shape index (κ2) is 15.2. The molecule has 4 nitrogen and oxygen atoms in total. The van der Waals surface area contributed by atoms with Crippen molar-refractivity contribution in [3.8, 4) is 45.0 Å². The van der Waals surface area contributed by atoms with Crippen LogP contribution in [0.15, 0.2) is 194 Å². The molecule has 260 valence electrons. The van der Waals surface area contributed by atoms with Crippen molar-refractivity contribution in [2.45, 2.75) is 36.5 Å². The van der Waals surface area contributed by atoms with Crippen molar-refractivity contribution >= 4 is 0 Å². The topological polar surface area (TPSA) is 51.6 Å². The van der Waals surface area contributed by atoms with Gasteiger partial charge in [-0.2, -0.15) is 0 Å². The van der Waals surface area contributed by atoms with Crippen LogP contribution < -0.4 is 0 Å². The highest BCUT2D eigenvalue weighted by Gasteiger charge is 2.41. The summed E-state index contributed by atoms with van der Waals surface area (Å²) in [5.41, 5.74) is 13.3. The monoisotopic (exact) mass is 696 g/mol. The third-order valence-corrected chi connectivity index (χ3v) is 11.0. The fraction of sp³-hybridized carbons (Fsp3) is 0.120. The maximum Gasteiger partial charge on any atom is 0.0705 e. The summed E-state index contributed by atoms with van der Waals surface area (Å²) in [6.07, 6.45) is 5.57. The van der Waals surface area contributed by atoms with E-state index in [1.54, 1.807) is 0 Å². The van der Waals surface area contributed by atoms with E-state index in [4.69, 9.17) is 19.9 Å². The van der Waals surface area contributed by atoms with Crippen LogP contribution >= 0.6 is 0 Å². The van der Waals surface area contributed by atoms with Crippen molar-refractivity contribution in [2.24, 2.45) is 0 Å². The number of rotatable bonds is 8. The molecule has 0 saturated heterocycles. The van der Waals surface area contributed by atoms with E-state index in [0.29, 0.717) is 0 Å². The molecule has 8 aromatic rings. The van der Waals surface area contributed by atoms with Crippen LogP contribution in [0.25, 0.3) is 45.0 Å². The van der Waals surface area contributed by atoms with Gasteiger partial charge in [0.25, 0.3) is 0 Å². The molecule has 4 aromatic heterocycles. The number of aromatic nitrogens is 4. The number of nitrogens with zero attached hydrogens (tertiary/aromatic N) is 4. The minimum Gasteiger partial charge on any atom is -0.256 e. The third-order valence-electron chi connectivity index (χ3n) is 11.0. The molecule has 1 fully saturated rings. The highest BCUT2D eigenvalue weighted by Crippen LogP contribution is 2.55. The zero-order valence-electron chi connectivity index (χ0n) is 30.0. The Balaban J connectivity index is 1.20. The largest absolute Gasteiger partial charge is 0.256 e. The van der Waals surface area contributed by atoms with Crippen molar-refractivity contribution in [3.63, 3.8) is 0 Å². The summed E-state index contributed by atoms with van der Waals surface area (Å²) in [6.45, 7) is 0. The number of hydrogen-bond acceptors (Lipinski definition) is 4. The Hall–Kier alpha value is -6.52. The van der Waals surface area contributed by atoms with Gasteiger partial charge in [0, 0.05) is 57.9 Å². The number of hydrogen-bond donors (Lipinski definition) is 0. The molecule has 4 heterocycles. The van der Waals surface area contributed by atoms with Crippen LogP contribution in [-0.2, 0) is 0 Å². The van der Waals surface area contributed by atoms with Crippen LogP contribution in [0, 0.1) is 0 Å². The molecule has 4 atom stereocenters. The molecule has 1 aliphatic carbocycles. The standard InChI is InChI=1S/C50H40N4/c1-3-15-35(16-4-1)47-25-13-27-49(53-47)43-33-41(37-19-11-21-39(31-37)45-23-7-9-29-51-45)42(38-20-12-22-40(32-38)46-24-8-10-30-52-46)34-44(43)50-28-14-26-48(54-50)36-17-5-2-6-18-36/h1-32,41-44H,33-34H2. The molecular weight excluding hydrogens is 657 g/mol. The lowest BCUT2D eigenvalue weighted by molar-refractivity contribution is 0.299. The van der Waals surface area contributed by atoms with E-state index < -0.39 is 0 Å². The quantitative estimate of drug-likeness (QED) is 0.159. The normalized spacial score (nSPS) is 18.2. The molecule has 4 aromatic carbocycles. The van der Waals surface area contributed by atoms with E-state index in [-0.39, 0.29) is 23.7 Å². The summed E-state index contributed by atoms with van der Waals surface area (Å²) >= 11 is 0. The fourth-order valence-corrected chi connectivity index (χ4v) is 8.37. The molecular formula is C50H40N4. The van der Waals surface area contributed by atoms with Gasteiger partial charge in [-0.1, -0.05) is 121 Å². The Morgan fingerprint density at radius 1 is 0.315 bits per heavy atom. The molecule has 0 aliphatic heterocycles. The third kappa shape index (κ3) is 6.99. The first-order chi connectivity index (χ1) is 26.8. The average Bonchev–Trinajstić information content (AvgIpc) is 3.27. The predicted octanol–water partition coefficient (Wildman–Crippen LogP) is 12.2. The fourth-order valence-electron chi connectivity index (χ4n) is 8.37. The minimum atomic E-state index is 0.130. The molecule has 1 aliphatic rings. The van der Waals surface area contributed by atoms with Gasteiger partial charge in [-0.3, -0.25) is 19.9 Å². The lowest BCUT2D eigenvalue weighted by Gasteiger charge is -2.42. The van der Waals surface area contributed by atoms with Crippen LogP contribution in [0.3, 0.4) is 0 Å². The summed E-state index contributed by atoms with van der Waals surface area (Å²) in [4.78, 5) is 20.3.